The zero-order valence-electron chi connectivity index (χ0n) is 14.0. The molecule has 0 spiro atoms. The number of methoxy groups -OCH3 is 2. The molecule has 1 aromatic heterocycles. The lowest BCUT2D eigenvalue weighted by Crippen LogP contribution is -2.25. The molecule has 3 rings (SSSR count). The molecule has 0 fully saturated rings. The fraction of sp³-hybridized carbons (Fsp3) is 0.211. The summed E-state index contributed by atoms with van der Waals surface area (Å²) in [6, 6.07) is 13.0. The SMILES string of the molecule is COc1cc(Br)c(CCNC(=O)c2cc3ccccc3o2)cc1OC. The Hall–Kier alpha value is -2.47. The lowest BCUT2D eigenvalue weighted by atomic mass is 10.1. The fourth-order valence-electron chi connectivity index (χ4n) is 2.58. The summed E-state index contributed by atoms with van der Waals surface area (Å²) in [6.45, 7) is 0.476. The van der Waals surface area contributed by atoms with Crippen molar-refractivity contribution in [2.75, 3.05) is 20.8 Å². The number of para-hydroxylation sites is 1. The summed E-state index contributed by atoms with van der Waals surface area (Å²) in [4.78, 5) is 12.3. The van der Waals surface area contributed by atoms with Crippen LogP contribution in [0.25, 0.3) is 11.0 Å². The van der Waals surface area contributed by atoms with E-state index in [9.17, 15) is 4.79 Å². The maximum absolute atomic E-state index is 12.3. The maximum Gasteiger partial charge on any atom is 0.287 e. The molecule has 5 nitrogen and oxygen atoms in total. The molecule has 0 atom stereocenters. The number of rotatable bonds is 6. The number of fused-ring (bicyclic) bond motifs is 1. The quantitative estimate of drug-likeness (QED) is 0.670. The molecule has 0 unspecified atom stereocenters. The molecule has 0 saturated heterocycles. The van der Waals surface area contributed by atoms with Crippen LogP contribution in [0.1, 0.15) is 16.1 Å². The summed E-state index contributed by atoms with van der Waals surface area (Å²) in [7, 11) is 3.19. The molecule has 1 N–H and O–H groups in total. The van der Waals surface area contributed by atoms with Crippen molar-refractivity contribution < 1.29 is 18.7 Å². The van der Waals surface area contributed by atoms with Gasteiger partial charge in [-0.3, -0.25) is 4.79 Å². The molecular weight excluding hydrogens is 386 g/mol. The highest BCUT2D eigenvalue weighted by Crippen LogP contribution is 2.33. The van der Waals surface area contributed by atoms with Gasteiger partial charge < -0.3 is 19.2 Å². The molecule has 0 radical (unpaired) electrons. The molecule has 6 heteroatoms. The van der Waals surface area contributed by atoms with Gasteiger partial charge in [-0.2, -0.15) is 0 Å². The van der Waals surface area contributed by atoms with Gasteiger partial charge in [0.1, 0.15) is 5.58 Å². The highest BCUT2D eigenvalue weighted by molar-refractivity contribution is 9.10. The van der Waals surface area contributed by atoms with Gasteiger partial charge in [-0.05, 0) is 36.2 Å². The number of furan rings is 1. The number of nitrogens with one attached hydrogen (secondary N) is 1. The monoisotopic (exact) mass is 403 g/mol. The number of carbonyl (C=O) groups is 1. The van der Waals surface area contributed by atoms with E-state index in [1.807, 2.05) is 36.4 Å². The van der Waals surface area contributed by atoms with Crippen LogP contribution in [0.15, 0.2) is 51.4 Å². The van der Waals surface area contributed by atoms with Crippen molar-refractivity contribution in [1.82, 2.24) is 5.32 Å². The molecule has 0 saturated carbocycles. The summed E-state index contributed by atoms with van der Waals surface area (Å²) >= 11 is 3.52. The first kappa shape index (κ1) is 17.4. The van der Waals surface area contributed by atoms with Gasteiger partial charge in [0.05, 0.1) is 14.2 Å². The van der Waals surface area contributed by atoms with E-state index in [1.165, 1.54) is 0 Å². The van der Waals surface area contributed by atoms with Gasteiger partial charge in [0.2, 0.25) is 0 Å². The average Bonchev–Trinajstić information content (AvgIpc) is 3.06. The molecule has 130 valence electrons. The normalized spacial score (nSPS) is 10.7. The molecule has 1 amide bonds. The van der Waals surface area contributed by atoms with Crippen molar-refractivity contribution in [3.8, 4) is 11.5 Å². The third-order valence-electron chi connectivity index (χ3n) is 3.88. The van der Waals surface area contributed by atoms with Crippen LogP contribution in [0.3, 0.4) is 0 Å². The Morgan fingerprint density at radius 3 is 2.56 bits per heavy atom. The Balaban J connectivity index is 1.65. The van der Waals surface area contributed by atoms with Crippen molar-refractivity contribution in [2.45, 2.75) is 6.42 Å². The number of hydrogen-bond acceptors (Lipinski definition) is 4. The summed E-state index contributed by atoms with van der Waals surface area (Å²) in [5.74, 6) is 1.40. The first-order valence-corrected chi connectivity index (χ1v) is 8.59. The number of amides is 1. The number of benzene rings is 2. The van der Waals surface area contributed by atoms with Gasteiger partial charge in [-0.25, -0.2) is 0 Å². The van der Waals surface area contributed by atoms with Gasteiger partial charge >= 0.3 is 0 Å². The zero-order chi connectivity index (χ0) is 17.8. The molecule has 25 heavy (non-hydrogen) atoms. The lowest BCUT2D eigenvalue weighted by Gasteiger charge is -2.12. The second-order valence-electron chi connectivity index (χ2n) is 5.45. The molecule has 0 aliphatic rings. The molecule has 0 aliphatic carbocycles. The van der Waals surface area contributed by atoms with Crippen LogP contribution in [0, 0.1) is 0 Å². The Morgan fingerprint density at radius 1 is 1.12 bits per heavy atom. The molecular formula is C19H18BrNO4. The highest BCUT2D eigenvalue weighted by Gasteiger charge is 2.13. The minimum absolute atomic E-state index is 0.229. The topological polar surface area (TPSA) is 60.7 Å². The van der Waals surface area contributed by atoms with Crippen LogP contribution >= 0.6 is 15.9 Å². The second-order valence-corrected chi connectivity index (χ2v) is 6.31. The van der Waals surface area contributed by atoms with E-state index < -0.39 is 0 Å². The van der Waals surface area contributed by atoms with E-state index in [4.69, 9.17) is 13.9 Å². The number of ether oxygens (including phenoxy) is 2. The molecule has 0 bridgehead atoms. The summed E-state index contributed by atoms with van der Waals surface area (Å²) in [5.41, 5.74) is 1.72. The third-order valence-corrected chi connectivity index (χ3v) is 4.62. The van der Waals surface area contributed by atoms with Crippen molar-refractivity contribution in [3.63, 3.8) is 0 Å². The van der Waals surface area contributed by atoms with Crippen LogP contribution in [-0.4, -0.2) is 26.7 Å². The van der Waals surface area contributed by atoms with Crippen molar-refractivity contribution in [3.05, 3.63) is 58.3 Å². The van der Waals surface area contributed by atoms with Crippen LogP contribution < -0.4 is 14.8 Å². The molecule has 0 aliphatic heterocycles. The van der Waals surface area contributed by atoms with Crippen molar-refractivity contribution >= 4 is 32.8 Å². The highest BCUT2D eigenvalue weighted by atomic mass is 79.9. The van der Waals surface area contributed by atoms with Crippen molar-refractivity contribution in [1.29, 1.82) is 0 Å². The predicted molar refractivity (Wildman–Crippen MR) is 99.5 cm³/mol. The molecule has 1 heterocycles. The van der Waals surface area contributed by atoms with Gasteiger partial charge in [0.25, 0.3) is 5.91 Å². The van der Waals surface area contributed by atoms with E-state index in [1.54, 1.807) is 20.3 Å². The van der Waals surface area contributed by atoms with E-state index >= 15 is 0 Å². The predicted octanol–water partition coefficient (Wildman–Crippen LogP) is 4.19. The second kappa shape index (κ2) is 7.61. The van der Waals surface area contributed by atoms with Crippen molar-refractivity contribution in [2.24, 2.45) is 0 Å². The van der Waals surface area contributed by atoms with Gasteiger partial charge in [-0.15, -0.1) is 0 Å². The first-order valence-electron chi connectivity index (χ1n) is 7.79. The van der Waals surface area contributed by atoms with Gasteiger partial charge in [-0.1, -0.05) is 34.1 Å². The Morgan fingerprint density at radius 2 is 1.84 bits per heavy atom. The Bertz CT molecular complexity index is 871. The molecule has 3 aromatic rings. The largest absolute Gasteiger partial charge is 0.493 e. The zero-order valence-corrected chi connectivity index (χ0v) is 15.6. The van der Waals surface area contributed by atoms with E-state index in [0.717, 1.165) is 15.4 Å². The Labute approximate surface area is 154 Å². The number of hydrogen-bond donors (Lipinski definition) is 1. The summed E-state index contributed by atoms with van der Waals surface area (Å²) in [6.07, 6.45) is 0.646. The first-order chi connectivity index (χ1) is 12.1. The van der Waals surface area contributed by atoms with Crippen LogP contribution in [0.2, 0.25) is 0 Å². The lowest BCUT2D eigenvalue weighted by molar-refractivity contribution is 0.0928. The minimum Gasteiger partial charge on any atom is -0.493 e. The minimum atomic E-state index is -0.229. The van der Waals surface area contributed by atoms with E-state index in [-0.39, 0.29) is 5.91 Å². The van der Waals surface area contributed by atoms with Gasteiger partial charge in [0.15, 0.2) is 17.3 Å². The summed E-state index contributed by atoms with van der Waals surface area (Å²) < 4.78 is 17.0. The average molecular weight is 404 g/mol. The third kappa shape index (κ3) is 3.79. The van der Waals surface area contributed by atoms with Crippen LogP contribution in [0.4, 0.5) is 0 Å². The smallest absolute Gasteiger partial charge is 0.287 e. The van der Waals surface area contributed by atoms with E-state index in [2.05, 4.69) is 21.2 Å². The van der Waals surface area contributed by atoms with Crippen LogP contribution in [0.5, 0.6) is 11.5 Å². The van der Waals surface area contributed by atoms with E-state index in [0.29, 0.717) is 35.8 Å². The number of carbonyl (C=O) groups excluding carboxylic acids is 1. The van der Waals surface area contributed by atoms with Gasteiger partial charge in [0, 0.05) is 16.4 Å². The molecule has 2 aromatic carbocycles. The maximum atomic E-state index is 12.3. The standard InChI is InChI=1S/C19H18BrNO4/c1-23-16-9-12(14(20)11-17(16)24-2)7-8-21-19(22)18-10-13-5-3-4-6-15(13)25-18/h3-6,9-11H,7-8H2,1-2H3,(H,21,22). The number of halogens is 1. The fourth-order valence-corrected chi connectivity index (χ4v) is 3.10. The van der Waals surface area contributed by atoms with Crippen LogP contribution in [-0.2, 0) is 6.42 Å². The summed E-state index contributed by atoms with van der Waals surface area (Å²) in [5, 5.41) is 3.79. The Kier molecular flexibility index (Phi) is 5.28.